The van der Waals surface area contributed by atoms with E-state index in [-0.39, 0.29) is 0 Å². The van der Waals surface area contributed by atoms with E-state index in [1.54, 1.807) is 31.2 Å². The second-order valence-corrected chi connectivity index (χ2v) is 8.09. The van der Waals surface area contributed by atoms with Gasteiger partial charge in [0.05, 0.1) is 16.1 Å². The van der Waals surface area contributed by atoms with Crippen molar-refractivity contribution in [2.75, 3.05) is 7.05 Å². The lowest BCUT2D eigenvalue weighted by atomic mass is 10.1. The molecule has 1 unspecified atom stereocenters. The molecule has 6 nitrogen and oxygen atoms in total. The molecule has 1 heterocycles. The summed E-state index contributed by atoms with van der Waals surface area (Å²) in [7, 11) is -3.11. The number of rotatable bonds is 5. The number of nitrogens with zero attached hydrogens (tertiary/aromatic N) is 4. The Balaban J connectivity index is 1.92. The predicted molar refractivity (Wildman–Crippen MR) is 96.2 cm³/mol. The van der Waals surface area contributed by atoms with Gasteiger partial charge in [-0.05, 0) is 36.8 Å². The Bertz CT molecular complexity index is 1050. The molecule has 28 heavy (non-hydrogen) atoms. The van der Waals surface area contributed by atoms with Crippen LogP contribution in [0.25, 0.3) is 5.69 Å². The third-order valence-corrected chi connectivity index (χ3v) is 6.44. The molecular weight excluding hydrogens is 393 g/mol. The van der Waals surface area contributed by atoms with Crippen molar-refractivity contribution < 1.29 is 21.6 Å². The molecule has 0 amide bonds. The van der Waals surface area contributed by atoms with Crippen LogP contribution in [0.1, 0.15) is 24.1 Å². The third-order valence-electron chi connectivity index (χ3n) is 4.45. The summed E-state index contributed by atoms with van der Waals surface area (Å²) >= 11 is 0. The lowest BCUT2D eigenvalue weighted by Gasteiger charge is -2.26. The standard InChI is InChI=1S/C18H17F3N4O2S/c1-13(14-7-9-15(10-8-14)25-12-22-11-23-25)24(2)28(26,27)17-6-4-3-5-16(17)18(19,20)21/h3-13H,1-2H3. The Labute approximate surface area is 160 Å². The monoisotopic (exact) mass is 410 g/mol. The minimum atomic E-state index is -4.77. The molecule has 0 N–H and O–H groups in total. The molecule has 10 heteroatoms. The van der Waals surface area contributed by atoms with Crippen LogP contribution in [0.5, 0.6) is 0 Å². The fourth-order valence-corrected chi connectivity index (χ4v) is 4.31. The quantitative estimate of drug-likeness (QED) is 0.644. The fraction of sp³-hybridized carbons (Fsp3) is 0.222. The molecule has 1 atom stereocenters. The van der Waals surface area contributed by atoms with Crippen LogP contribution in [0.3, 0.4) is 0 Å². The number of halogens is 3. The van der Waals surface area contributed by atoms with E-state index in [9.17, 15) is 21.6 Å². The van der Waals surface area contributed by atoms with Gasteiger partial charge in [-0.2, -0.15) is 22.6 Å². The Morgan fingerprint density at radius 2 is 1.71 bits per heavy atom. The van der Waals surface area contributed by atoms with Gasteiger partial charge in [0.1, 0.15) is 12.7 Å². The maximum absolute atomic E-state index is 13.2. The highest BCUT2D eigenvalue weighted by molar-refractivity contribution is 7.89. The molecule has 1 aromatic heterocycles. The molecule has 0 spiro atoms. The van der Waals surface area contributed by atoms with Crippen molar-refractivity contribution in [2.45, 2.75) is 24.0 Å². The van der Waals surface area contributed by atoms with Crippen molar-refractivity contribution in [1.29, 1.82) is 0 Å². The van der Waals surface area contributed by atoms with Crippen LogP contribution >= 0.6 is 0 Å². The zero-order valence-electron chi connectivity index (χ0n) is 15.0. The van der Waals surface area contributed by atoms with E-state index < -0.39 is 32.7 Å². The first-order chi connectivity index (χ1) is 13.1. The molecule has 0 aliphatic heterocycles. The molecule has 0 aliphatic rings. The Morgan fingerprint density at radius 3 is 2.29 bits per heavy atom. The van der Waals surface area contributed by atoms with Crippen molar-refractivity contribution in [2.24, 2.45) is 0 Å². The van der Waals surface area contributed by atoms with E-state index in [1.165, 1.54) is 30.5 Å². The molecule has 3 rings (SSSR count). The topological polar surface area (TPSA) is 68.1 Å². The lowest BCUT2D eigenvalue weighted by molar-refractivity contribution is -0.139. The molecule has 0 aliphatic carbocycles. The van der Waals surface area contributed by atoms with Gasteiger partial charge >= 0.3 is 6.18 Å². The van der Waals surface area contributed by atoms with Crippen molar-refractivity contribution in [3.05, 3.63) is 72.3 Å². The fourth-order valence-electron chi connectivity index (χ4n) is 2.75. The van der Waals surface area contributed by atoms with E-state index in [0.29, 0.717) is 5.56 Å². The highest BCUT2D eigenvalue weighted by Crippen LogP contribution is 2.36. The summed E-state index contributed by atoms with van der Waals surface area (Å²) < 4.78 is 68.0. The van der Waals surface area contributed by atoms with Crippen LogP contribution in [-0.4, -0.2) is 34.5 Å². The van der Waals surface area contributed by atoms with E-state index in [2.05, 4.69) is 10.1 Å². The summed E-state index contributed by atoms with van der Waals surface area (Å²) in [5.74, 6) is 0. The van der Waals surface area contributed by atoms with Crippen LogP contribution in [0.4, 0.5) is 13.2 Å². The molecule has 0 saturated heterocycles. The molecule has 148 valence electrons. The maximum atomic E-state index is 13.2. The third kappa shape index (κ3) is 3.78. The smallest absolute Gasteiger partial charge is 0.223 e. The lowest BCUT2D eigenvalue weighted by Crippen LogP contribution is -2.31. The summed E-state index contributed by atoms with van der Waals surface area (Å²) in [4.78, 5) is 3.08. The minimum absolute atomic E-state index is 0.624. The zero-order chi connectivity index (χ0) is 20.5. The van der Waals surface area contributed by atoms with E-state index in [0.717, 1.165) is 28.2 Å². The average molecular weight is 410 g/mol. The van der Waals surface area contributed by atoms with Crippen molar-refractivity contribution >= 4 is 10.0 Å². The predicted octanol–water partition coefficient (Wildman–Crippen LogP) is 3.67. The first kappa shape index (κ1) is 20.0. The van der Waals surface area contributed by atoms with Gasteiger partial charge in [-0.1, -0.05) is 24.3 Å². The van der Waals surface area contributed by atoms with Gasteiger partial charge in [-0.25, -0.2) is 18.1 Å². The largest absolute Gasteiger partial charge is 0.417 e. The second-order valence-electron chi connectivity index (χ2n) is 6.12. The molecule has 0 radical (unpaired) electrons. The van der Waals surface area contributed by atoms with Crippen LogP contribution in [0.15, 0.2) is 66.1 Å². The Hall–Kier alpha value is -2.72. The molecule has 3 aromatic rings. The first-order valence-corrected chi connectivity index (χ1v) is 9.65. The number of hydrogen-bond donors (Lipinski definition) is 0. The van der Waals surface area contributed by atoms with Crippen LogP contribution < -0.4 is 0 Å². The van der Waals surface area contributed by atoms with Gasteiger partial charge in [0.2, 0.25) is 10.0 Å². The maximum Gasteiger partial charge on any atom is 0.417 e. The van der Waals surface area contributed by atoms with E-state index in [1.807, 2.05) is 0 Å². The zero-order valence-corrected chi connectivity index (χ0v) is 15.8. The first-order valence-electron chi connectivity index (χ1n) is 8.21. The van der Waals surface area contributed by atoms with E-state index in [4.69, 9.17) is 0 Å². The molecule has 2 aromatic carbocycles. The molecular formula is C18H17F3N4O2S. The number of aromatic nitrogens is 3. The van der Waals surface area contributed by atoms with Gasteiger partial charge in [0.25, 0.3) is 0 Å². The summed E-state index contributed by atoms with van der Waals surface area (Å²) in [6.45, 7) is 1.61. The van der Waals surface area contributed by atoms with E-state index >= 15 is 0 Å². The number of benzene rings is 2. The van der Waals surface area contributed by atoms with Crippen molar-refractivity contribution in [3.8, 4) is 5.69 Å². The molecule has 0 saturated carbocycles. The van der Waals surface area contributed by atoms with Gasteiger partial charge in [0, 0.05) is 13.1 Å². The van der Waals surface area contributed by atoms with Gasteiger partial charge in [-0.15, -0.1) is 0 Å². The highest BCUT2D eigenvalue weighted by Gasteiger charge is 2.39. The van der Waals surface area contributed by atoms with Gasteiger partial charge < -0.3 is 0 Å². The van der Waals surface area contributed by atoms with Crippen LogP contribution in [-0.2, 0) is 16.2 Å². The number of hydrogen-bond acceptors (Lipinski definition) is 4. The van der Waals surface area contributed by atoms with Gasteiger partial charge in [-0.3, -0.25) is 0 Å². The van der Waals surface area contributed by atoms with Crippen molar-refractivity contribution in [3.63, 3.8) is 0 Å². The second kappa shape index (κ2) is 7.36. The Morgan fingerprint density at radius 1 is 1.07 bits per heavy atom. The van der Waals surface area contributed by atoms with Crippen LogP contribution in [0.2, 0.25) is 0 Å². The van der Waals surface area contributed by atoms with Crippen molar-refractivity contribution in [1.82, 2.24) is 19.1 Å². The Kier molecular flexibility index (Phi) is 5.26. The summed E-state index contributed by atoms with van der Waals surface area (Å²) in [6.07, 6.45) is -1.87. The summed E-state index contributed by atoms with van der Waals surface area (Å²) in [6, 6.07) is 10.3. The highest BCUT2D eigenvalue weighted by atomic mass is 32.2. The van der Waals surface area contributed by atoms with Gasteiger partial charge in [0.15, 0.2) is 0 Å². The number of sulfonamides is 1. The normalized spacial score (nSPS) is 13.6. The number of alkyl halides is 3. The molecule has 0 fully saturated rings. The minimum Gasteiger partial charge on any atom is -0.223 e. The summed E-state index contributed by atoms with van der Waals surface area (Å²) in [5, 5.41) is 4.00. The molecule has 0 bridgehead atoms. The average Bonchev–Trinajstić information content (AvgIpc) is 3.21. The summed E-state index contributed by atoms with van der Waals surface area (Å²) in [5.41, 5.74) is 0.163. The SMILES string of the molecule is CC(c1ccc(-n2cncn2)cc1)N(C)S(=O)(=O)c1ccccc1C(F)(F)F. The van der Waals surface area contributed by atoms with Crippen LogP contribution in [0, 0.1) is 0 Å².